The largest absolute Gasteiger partial charge is 0.490 e. The normalized spacial score (nSPS) is 9.92. The van der Waals surface area contributed by atoms with Crippen molar-refractivity contribution in [1.29, 1.82) is 0 Å². The first-order chi connectivity index (χ1) is 11.4. The Hall–Kier alpha value is -3.07. The van der Waals surface area contributed by atoms with Gasteiger partial charge in [0.05, 0.1) is 12.0 Å². The number of hydrogen-bond donors (Lipinski definition) is 2. The van der Waals surface area contributed by atoms with Gasteiger partial charge in [0.25, 0.3) is 5.91 Å². The van der Waals surface area contributed by atoms with E-state index in [1.54, 1.807) is 0 Å². The van der Waals surface area contributed by atoms with Crippen LogP contribution in [-0.2, 0) is 0 Å². The van der Waals surface area contributed by atoms with Crippen LogP contribution in [0.25, 0.3) is 0 Å². The fraction of sp³-hybridized carbons (Fsp3) is 0.0667. The molecule has 0 saturated carbocycles. The molecule has 0 aliphatic rings. The quantitative estimate of drug-likeness (QED) is 0.501. The molecule has 9 heteroatoms. The average molecular weight is 349 g/mol. The van der Waals surface area contributed by atoms with Gasteiger partial charge in [-0.1, -0.05) is 6.07 Å². The molecule has 1 amide bonds. The summed E-state index contributed by atoms with van der Waals surface area (Å²) < 4.78 is 18.0. The zero-order chi connectivity index (χ0) is 17.7. The monoisotopic (exact) mass is 349 g/mol. The number of methoxy groups -OCH3 is 1. The minimum absolute atomic E-state index is 0.0799. The third-order valence-electron chi connectivity index (χ3n) is 2.95. The maximum absolute atomic E-state index is 13.1. The van der Waals surface area contributed by atoms with Gasteiger partial charge in [0.1, 0.15) is 5.82 Å². The first kappa shape index (κ1) is 17.3. The van der Waals surface area contributed by atoms with Gasteiger partial charge in [0.2, 0.25) is 0 Å². The van der Waals surface area contributed by atoms with E-state index >= 15 is 0 Å². The zero-order valence-electron chi connectivity index (χ0n) is 12.4. The summed E-state index contributed by atoms with van der Waals surface area (Å²) in [4.78, 5) is 22.3. The van der Waals surface area contributed by atoms with Crippen LogP contribution in [-0.4, -0.2) is 23.1 Å². The molecule has 0 atom stereocenters. The van der Waals surface area contributed by atoms with E-state index < -0.39 is 16.6 Å². The lowest BCUT2D eigenvalue weighted by Crippen LogP contribution is -2.34. The Balaban J connectivity index is 2.08. The van der Waals surface area contributed by atoms with Gasteiger partial charge in [0, 0.05) is 17.3 Å². The van der Waals surface area contributed by atoms with E-state index in [0.29, 0.717) is 5.69 Å². The van der Waals surface area contributed by atoms with Crippen molar-refractivity contribution in [2.45, 2.75) is 0 Å². The molecule has 2 rings (SSSR count). The first-order valence-electron chi connectivity index (χ1n) is 6.61. The molecule has 2 aromatic rings. The SMILES string of the molecule is COc1ccc(NC(=S)NC(=O)c2cccc(F)c2)cc1[N+](=O)[O-]. The van der Waals surface area contributed by atoms with Crippen molar-refractivity contribution in [3.05, 3.63) is 64.0 Å². The van der Waals surface area contributed by atoms with E-state index in [0.717, 1.165) is 6.07 Å². The number of nitrogens with zero attached hydrogens (tertiary/aromatic N) is 1. The van der Waals surface area contributed by atoms with Crippen molar-refractivity contribution < 1.29 is 18.8 Å². The van der Waals surface area contributed by atoms with Crippen molar-refractivity contribution in [3.8, 4) is 5.75 Å². The van der Waals surface area contributed by atoms with Gasteiger partial charge in [-0.2, -0.15) is 0 Å². The molecular weight excluding hydrogens is 337 g/mol. The highest BCUT2D eigenvalue weighted by Gasteiger charge is 2.16. The Morgan fingerprint density at radius 3 is 2.67 bits per heavy atom. The fourth-order valence-electron chi connectivity index (χ4n) is 1.88. The second-order valence-electron chi connectivity index (χ2n) is 4.56. The molecule has 124 valence electrons. The predicted molar refractivity (Wildman–Crippen MR) is 89.7 cm³/mol. The number of ether oxygens (including phenoxy) is 1. The number of hydrogen-bond acceptors (Lipinski definition) is 5. The summed E-state index contributed by atoms with van der Waals surface area (Å²) in [6, 6.07) is 9.23. The fourth-order valence-corrected chi connectivity index (χ4v) is 2.09. The Kier molecular flexibility index (Phi) is 5.38. The Morgan fingerprint density at radius 2 is 2.04 bits per heavy atom. The van der Waals surface area contributed by atoms with Gasteiger partial charge in [-0.25, -0.2) is 4.39 Å². The van der Waals surface area contributed by atoms with Crippen LogP contribution in [0.2, 0.25) is 0 Å². The summed E-state index contributed by atoms with van der Waals surface area (Å²) in [6.45, 7) is 0. The number of amides is 1. The summed E-state index contributed by atoms with van der Waals surface area (Å²) in [5.41, 5.74) is 0.147. The standard InChI is InChI=1S/C15H12FN3O4S/c1-23-13-6-5-11(8-12(13)19(21)22)17-15(24)18-14(20)9-3-2-4-10(16)7-9/h2-8H,1H3,(H2,17,18,20,24). The molecule has 0 fully saturated rings. The molecule has 0 saturated heterocycles. The van der Waals surface area contributed by atoms with Crippen LogP contribution in [0.3, 0.4) is 0 Å². The van der Waals surface area contributed by atoms with Crippen LogP contribution in [0.4, 0.5) is 15.8 Å². The molecular formula is C15H12FN3O4S. The van der Waals surface area contributed by atoms with E-state index in [9.17, 15) is 19.3 Å². The number of carbonyl (C=O) groups excluding carboxylic acids is 1. The third-order valence-corrected chi connectivity index (χ3v) is 3.15. The summed E-state index contributed by atoms with van der Waals surface area (Å²) in [5, 5.41) is 15.9. The Morgan fingerprint density at radius 1 is 1.29 bits per heavy atom. The second kappa shape index (κ2) is 7.47. The van der Waals surface area contributed by atoms with Crippen molar-refractivity contribution >= 4 is 34.6 Å². The lowest BCUT2D eigenvalue weighted by atomic mass is 10.2. The topological polar surface area (TPSA) is 93.5 Å². The highest BCUT2D eigenvalue weighted by atomic mass is 32.1. The maximum Gasteiger partial charge on any atom is 0.312 e. The van der Waals surface area contributed by atoms with E-state index in [4.69, 9.17) is 17.0 Å². The first-order valence-corrected chi connectivity index (χ1v) is 7.02. The molecule has 0 heterocycles. The number of carbonyl (C=O) groups is 1. The number of benzene rings is 2. The number of nitrogens with one attached hydrogen (secondary N) is 2. The molecule has 7 nitrogen and oxygen atoms in total. The van der Waals surface area contributed by atoms with Crippen molar-refractivity contribution in [2.24, 2.45) is 0 Å². The van der Waals surface area contributed by atoms with Crippen LogP contribution < -0.4 is 15.4 Å². The second-order valence-corrected chi connectivity index (χ2v) is 4.97. The summed E-state index contributed by atoms with van der Waals surface area (Å²) in [5.74, 6) is -1.05. The highest BCUT2D eigenvalue weighted by Crippen LogP contribution is 2.29. The Labute approximate surface area is 141 Å². The lowest BCUT2D eigenvalue weighted by Gasteiger charge is -2.10. The van der Waals surface area contributed by atoms with Gasteiger partial charge >= 0.3 is 5.69 Å². The number of rotatable bonds is 4. The minimum Gasteiger partial charge on any atom is -0.490 e. The number of anilines is 1. The summed E-state index contributed by atoms with van der Waals surface area (Å²) >= 11 is 4.98. The number of thiocarbonyl (C=S) groups is 1. The minimum atomic E-state index is -0.602. The lowest BCUT2D eigenvalue weighted by molar-refractivity contribution is -0.385. The number of halogens is 1. The van der Waals surface area contributed by atoms with Crippen LogP contribution in [0.5, 0.6) is 5.75 Å². The van der Waals surface area contributed by atoms with E-state index in [1.165, 1.54) is 43.5 Å². The van der Waals surface area contributed by atoms with Gasteiger partial charge in [-0.05, 0) is 42.5 Å². The molecule has 0 unspecified atom stereocenters. The van der Waals surface area contributed by atoms with Crippen LogP contribution in [0.1, 0.15) is 10.4 Å². The van der Waals surface area contributed by atoms with E-state index in [2.05, 4.69) is 10.6 Å². The number of nitro benzene ring substituents is 1. The zero-order valence-corrected chi connectivity index (χ0v) is 13.2. The van der Waals surface area contributed by atoms with Crippen LogP contribution >= 0.6 is 12.2 Å². The van der Waals surface area contributed by atoms with Crippen molar-refractivity contribution in [2.75, 3.05) is 12.4 Å². The van der Waals surface area contributed by atoms with Crippen LogP contribution in [0.15, 0.2) is 42.5 Å². The van der Waals surface area contributed by atoms with Crippen molar-refractivity contribution in [3.63, 3.8) is 0 Å². The van der Waals surface area contributed by atoms with Gasteiger partial charge in [-0.3, -0.25) is 20.2 Å². The molecule has 24 heavy (non-hydrogen) atoms. The summed E-state index contributed by atoms with van der Waals surface area (Å²) in [7, 11) is 1.32. The van der Waals surface area contributed by atoms with Gasteiger partial charge < -0.3 is 10.1 Å². The van der Waals surface area contributed by atoms with E-state index in [1.807, 2.05) is 0 Å². The molecule has 0 bridgehead atoms. The van der Waals surface area contributed by atoms with Crippen molar-refractivity contribution in [1.82, 2.24) is 5.32 Å². The molecule has 0 radical (unpaired) electrons. The van der Waals surface area contributed by atoms with Gasteiger partial charge in [-0.15, -0.1) is 0 Å². The molecule has 0 spiro atoms. The third kappa shape index (κ3) is 4.23. The van der Waals surface area contributed by atoms with Gasteiger partial charge in [0.15, 0.2) is 10.9 Å². The Bertz CT molecular complexity index is 813. The molecule has 2 N–H and O–H groups in total. The highest BCUT2D eigenvalue weighted by molar-refractivity contribution is 7.80. The smallest absolute Gasteiger partial charge is 0.312 e. The van der Waals surface area contributed by atoms with Crippen LogP contribution in [0, 0.1) is 15.9 Å². The molecule has 0 aliphatic carbocycles. The predicted octanol–water partition coefficient (Wildman–Crippen LogP) is 2.87. The van der Waals surface area contributed by atoms with E-state index in [-0.39, 0.29) is 22.1 Å². The summed E-state index contributed by atoms with van der Waals surface area (Å²) in [6.07, 6.45) is 0. The number of nitro groups is 1. The maximum atomic E-state index is 13.1. The molecule has 2 aromatic carbocycles. The average Bonchev–Trinajstić information content (AvgIpc) is 2.54. The molecule has 0 aromatic heterocycles. The molecule has 0 aliphatic heterocycles.